The van der Waals surface area contributed by atoms with E-state index in [2.05, 4.69) is 34.8 Å². The molecule has 2 rings (SSSR count). The van der Waals surface area contributed by atoms with Crippen LogP contribution in [0.15, 0.2) is 52.7 Å². The van der Waals surface area contributed by atoms with Gasteiger partial charge in [0.2, 0.25) is 0 Å². The monoisotopic (exact) mass is 284 g/mol. The molecule has 0 saturated heterocycles. The average Bonchev–Trinajstić information content (AvgIpc) is 2.99. The first-order valence-electron chi connectivity index (χ1n) is 7.05. The van der Waals surface area contributed by atoms with Crippen LogP contribution >= 0.6 is 0 Å². The zero-order chi connectivity index (χ0) is 15.1. The Balaban J connectivity index is 2.29. The highest BCUT2D eigenvalue weighted by molar-refractivity contribution is 6.45. The van der Waals surface area contributed by atoms with Crippen LogP contribution in [0.25, 0.3) is 6.08 Å². The smallest absolute Gasteiger partial charge is 0.273 e. The second kappa shape index (κ2) is 7.43. The molecule has 1 aromatic rings. The lowest BCUT2D eigenvalue weighted by atomic mass is 10.0. The summed E-state index contributed by atoms with van der Waals surface area (Å²) in [5.41, 5.74) is 3.65. The van der Waals surface area contributed by atoms with Gasteiger partial charge in [-0.25, -0.2) is 0 Å². The van der Waals surface area contributed by atoms with Crippen LogP contribution in [0.4, 0.5) is 0 Å². The number of allylic oxidation sites excluding steroid dienone is 2. The highest BCUT2D eigenvalue weighted by Crippen LogP contribution is 2.29. The average molecular weight is 284 g/mol. The lowest BCUT2D eigenvalue weighted by Crippen LogP contribution is -2.29. The zero-order valence-electron chi connectivity index (χ0n) is 12.4. The second-order valence-corrected chi connectivity index (χ2v) is 4.80. The Morgan fingerprint density at radius 3 is 2.67 bits per heavy atom. The highest BCUT2D eigenvalue weighted by Gasteiger charge is 2.23. The van der Waals surface area contributed by atoms with Gasteiger partial charge in [-0.3, -0.25) is 4.79 Å². The predicted molar refractivity (Wildman–Crippen MR) is 84.9 cm³/mol. The number of oxime groups is 1. The summed E-state index contributed by atoms with van der Waals surface area (Å²) < 4.78 is 0. The summed E-state index contributed by atoms with van der Waals surface area (Å²) >= 11 is 0. The molecule has 4 heteroatoms. The molecule has 110 valence electrons. The number of amides is 1. The largest absolute Gasteiger partial charge is 0.398 e. The Morgan fingerprint density at radius 1 is 1.24 bits per heavy atom. The summed E-state index contributed by atoms with van der Waals surface area (Å²) in [4.78, 5) is 16.7. The van der Waals surface area contributed by atoms with Gasteiger partial charge >= 0.3 is 0 Å². The van der Waals surface area contributed by atoms with E-state index in [4.69, 9.17) is 4.84 Å². The fourth-order valence-corrected chi connectivity index (χ4v) is 2.43. The van der Waals surface area contributed by atoms with Crippen molar-refractivity contribution in [3.05, 3.63) is 53.1 Å². The number of carbonyl (C=O) groups excluding carboxylic acids is 1. The van der Waals surface area contributed by atoms with Crippen molar-refractivity contribution in [3.63, 3.8) is 0 Å². The van der Waals surface area contributed by atoms with Crippen molar-refractivity contribution in [2.75, 3.05) is 14.2 Å². The maximum Gasteiger partial charge on any atom is 0.273 e. The molecule has 0 radical (unpaired) electrons. The summed E-state index contributed by atoms with van der Waals surface area (Å²) in [5, 5.41) is 6.51. The number of hydrogen-bond donors (Lipinski definition) is 1. The van der Waals surface area contributed by atoms with Crippen LogP contribution in [0.3, 0.4) is 0 Å². The summed E-state index contributed by atoms with van der Waals surface area (Å²) in [6.07, 6.45) is 6.98. The van der Waals surface area contributed by atoms with Crippen molar-refractivity contribution in [1.29, 1.82) is 0 Å². The molecule has 0 unspecified atom stereocenters. The van der Waals surface area contributed by atoms with Crippen LogP contribution in [0.1, 0.15) is 24.8 Å². The van der Waals surface area contributed by atoms with Crippen LogP contribution in [-0.2, 0) is 9.63 Å². The van der Waals surface area contributed by atoms with Crippen molar-refractivity contribution in [2.24, 2.45) is 5.16 Å². The Hall–Kier alpha value is -2.36. The van der Waals surface area contributed by atoms with Gasteiger partial charge in [0, 0.05) is 7.05 Å². The van der Waals surface area contributed by atoms with Crippen molar-refractivity contribution >= 4 is 17.7 Å². The van der Waals surface area contributed by atoms with Gasteiger partial charge in [-0.1, -0.05) is 47.6 Å². The van der Waals surface area contributed by atoms with Crippen molar-refractivity contribution in [2.45, 2.75) is 19.3 Å². The molecule has 1 aromatic carbocycles. The lowest BCUT2D eigenvalue weighted by Gasteiger charge is -2.07. The molecule has 4 nitrogen and oxygen atoms in total. The quantitative estimate of drug-likeness (QED) is 0.667. The molecular weight excluding hydrogens is 264 g/mol. The molecule has 0 spiro atoms. The summed E-state index contributed by atoms with van der Waals surface area (Å²) in [6.45, 7) is 0. The number of carbonyl (C=O) groups is 1. The first-order chi connectivity index (χ1) is 10.3. The van der Waals surface area contributed by atoms with E-state index in [1.165, 1.54) is 7.11 Å². The van der Waals surface area contributed by atoms with Gasteiger partial charge in [0.05, 0.1) is 0 Å². The molecule has 0 aromatic heterocycles. The van der Waals surface area contributed by atoms with Crippen LogP contribution in [0, 0.1) is 0 Å². The Labute approximate surface area is 125 Å². The van der Waals surface area contributed by atoms with Crippen LogP contribution in [0.5, 0.6) is 0 Å². The standard InChI is InChI=1S/C17H20N2O2/c1-18-17(20)16(19-21-2)15-10-6-9-14(15)12-11-13-7-4-3-5-8-13/h3-5,7-8,11-12H,6,9-10H2,1-2H3,(H,18,20). The van der Waals surface area contributed by atoms with Crippen LogP contribution < -0.4 is 5.32 Å². The van der Waals surface area contributed by atoms with E-state index >= 15 is 0 Å². The SMILES string of the molecule is CNC(=O)C(=NOC)C1=C(C=Cc2ccccc2)CCC1. The summed E-state index contributed by atoms with van der Waals surface area (Å²) in [5.74, 6) is -0.209. The Bertz CT molecular complexity index is 586. The van der Waals surface area contributed by atoms with Gasteiger partial charge < -0.3 is 10.2 Å². The zero-order valence-corrected chi connectivity index (χ0v) is 12.4. The van der Waals surface area contributed by atoms with E-state index in [0.29, 0.717) is 5.71 Å². The summed E-state index contributed by atoms with van der Waals surface area (Å²) in [6, 6.07) is 10.1. The van der Waals surface area contributed by atoms with E-state index in [9.17, 15) is 4.79 Å². The molecule has 1 N–H and O–H groups in total. The fourth-order valence-electron chi connectivity index (χ4n) is 2.43. The lowest BCUT2D eigenvalue weighted by molar-refractivity contribution is -0.114. The molecule has 0 atom stereocenters. The van der Waals surface area contributed by atoms with E-state index in [1.807, 2.05) is 18.2 Å². The maximum absolute atomic E-state index is 11.9. The van der Waals surface area contributed by atoms with E-state index < -0.39 is 0 Å². The summed E-state index contributed by atoms with van der Waals surface area (Å²) in [7, 11) is 3.06. The van der Waals surface area contributed by atoms with Crippen molar-refractivity contribution in [1.82, 2.24) is 5.32 Å². The van der Waals surface area contributed by atoms with Crippen LogP contribution in [0.2, 0.25) is 0 Å². The number of nitrogens with one attached hydrogen (secondary N) is 1. The second-order valence-electron chi connectivity index (χ2n) is 4.80. The molecule has 0 aliphatic heterocycles. The fraction of sp³-hybridized carbons (Fsp3) is 0.294. The van der Waals surface area contributed by atoms with Gasteiger partial charge in [-0.15, -0.1) is 0 Å². The number of nitrogens with zero attached hydrogens (tertiary/aromatic N) is 1. The van der Waals surface area contributed by atoms with E-state index in [1.54, 1.807) is 7.05 Å². The predicted octanol–water partition coefficient (Wildman–Crippen LogP) is 2.93. The normalized spacial score (nSPS) is 15.6. The minimum Gasteiger partial charge on any atom is -0.398 e. The van der Waals surface area contributed by atoms with Gasteiger partial charge in [0.25, 0.3) is 5.91 Å². The van der Waals surface area contributed by atoms with E-state index in [-0.39, 0.29) is 5.91 Å². The molecule has 0 heterocycles. The van der Waals surface area contributed by atoms with Crippen LogP contribution in [-0.4, -0.2) is 25.8 Å². The van der Waals surface area contributed by atoms with Gasteiger partial charge in [-0.05, 0) is 36.0 Å². The number of hydrogen-bond acceptors (Lipinski definition) is 3. The molecule has 21 heavy (non-hydrogen) atoms. The molecule has 0 fully saturated rings. The topological polar surface area (TPSA) is 50.7 Å². The molecule has 1 amide bonds. The molecular formula is C17H20N2O2. The first-order valence-corrected chi connectivity index (χ1v) is 7.05. The van der Waals surface area contributed by atoms with Gasteiger partial charge in [0.15, 0.2) is 5.71 Å². The molecule has 1 aliphatic rings. The van der Waals surface area contributed by atoms with Gasteiger partial charge in [0.1, 0.15) is 7.11 Å². The third-order valence-corrected chi connectivity index (χ3v) is 3.45. The third kappa shape index (κ3) is 3.81. The molecule has 0 bridgehead atoms. The molecule has 0 saturated carbocycles. The highest BCUT2D eigenvalue weighted by atomic mass is 16.6. The Kier molecular flexibility index (Phi) is 5.32. The minimum absolute atomic E-state index is 0.209. The molecule has 1 aliphatic carbocycles. The minimum atomic E-state index is -0.209. The third-order valence-electron chi connectivity index (χ3n) is 3.45. The van der Waals surface area contributed by atoms with Crippen molar-refractivity contribution < 1.29 is 9.63 Å². The van der Waals surface area contributed by atoms with Gasteiger partial charge in [-0.2, -0.15) is 0 Å². The van der Waals surface area contributed by atoms with Crippen molar-refractivity contribution in [3.8, 4) is 0 Å². The van der Waals surface area contributed by atoms with E-state index in [0.717, 1.165) is 36.0 Å². The maximum atomic E-state index is 11.9. The number of benzene rings is 1. The number of rotatable bonds is 5. The first kappa shape index (κ1) is 15.0. The Morgan fingerprint density at radius 2 is 2.00 bits per heavy atom.